The first-order valence-corrected chi connectivity index (χ1v) is 12.4. The number of amides is 1. The Hall–Kier alpha value is -2.96. The van der Waals surface area contributed by atoms with Crippen molar-refractivity contribution in [1.82, 2.24) is 14.5 Å². The summed E-state index contributed by atoms with van der Waals surface area (Å²) in [5, 5.41) is 1.02. The molecule has 0 saturated heterocycles. The number of halogens is 2. The first-order chi connectivity index (χ1) is 16.4. The van der Waals surface area contributed by atoms with Gasteiger partial charge in [-0.15, -0.1) is 0 Å². The first-order valence-electron chi connectivity index (χ1n) is 11.2. The fraction of sp³-hybridized carbons (Fsp3) is 0.222. The standard InChI is InChI=1S/C27H25BrClN3O2/c1-3-24(25-30-23-16-21(29)13-14-22(23)27(34)31(25)4-2)32(17-18-9-6-5-7-10-18)26(33)19-11-8-12-20(28)15-19/h5-16,24H,3-4,17H2,1-2H3. The summed E-state index contributed by atoms with van der Waals surface area (Å²) in [5.74, 6) is 0.434. The van der Waals surface area contributed by atoms with Gasteiger partial charge >= 0.3 is 0 Å². The average molecular weight is 539 g/mol. The number of hydrogen-bond donors (Lipinski definition) is 0. The number of carbonyl (C=O) groups is 1. The molecule has 0 spiro atoms. The van der Waals surface area contributed by atoms with Gasteiger partial charge < -0.3 is 4.90 Å². The SMILES string of the molecule is CCC(c1nc2cc(Cl)ccc2c(=O)n1CC)N(Cc1ccccc1)C(=O)c1cccc(Br)c1. The number of aromatic nitrogens is 2. The number of hydrogen-bond acceptors (Lipinski definition) is 3. The lowest BCUT2D eigenvalue weighted by Crippen LogP contribution is -2.38. The molecule has 0 bridgehead atoms. The Bertz CT molecular complexity index is 1390. The quantitative estimate of drug-likeness (QED) is 0.265. The maximum atomic E-state index is 13.8. The summed E-state index contributed by atoms with van der Waals surface area (Å²) < 4.78 is 2.49. The van der Waals surface area contributed by atoms with Crippen molar-refractivity contribution < 1.29 is 4.79 Å². The minimum absolute atomic E-state index is 0.125. The van der Waals surface area contributed by atoms with E-state index in [2.05, 4.69) is 15.9 Å². The van der Waals surface area contributed by atoms with Crippen LogP contribution < -0.4 is 5.56 Å². The van der Waals surface area contributed by atoms with Gasteiger partial charge in [0.1, 0.15) is 5.82 Å². The fourth-order valence-corrected chi connectivity index (χ4v) is 4.77. The first kappa shape index (κ1) is 24.2. The second-order valence-electron chi connectivity index (χ2n) is 8.03. The third kappa shape index (κ3) is 4.93. The minimum Gasteiger partial charge on any atom is -0.324 e. The lowest BCUT2D eigenvalue weighted by Gasteiger charge is -2.32. The highest BCUT2D eigenvalue weighted by Crippen LogP contribution is 2.29. The van der Waals surface area contributed by atoms with Gasteiger partial charge in [0.15, 0.2) is 0 Å². The smallest absolute Gasteiger partial charge is 0.261 e. The molecular formula is C27H25BrClN3O2. The summed E-state index contributed by atoms with van der Waals surface area (Å²) in [7, 11) is 0. The van der Waals surface area contributed by atoms with E-state index < -0.39 is 6.04 Å². The van der Waals surface area contributed by atoms with Gasteiger partial charge in [-0.1, -0.05) is 70.9 Å². The van der Waals surface area contributed by atoms with Gasteiger partial charge in [0.2, 0.25) is 0 Å². The van der Waals surface area contributed by atoms with Crippen molar-refractivity contribution in [2.75, 3.05) is 0 Å². The Kier molecular flexibility index (Phi) is 7.49. The van der Waals surface area contributed by atoms with Crippen LogP contribution in [0.5, 0.6) is 0 Å². The lowest BCUT2D eigenvalue weighted by atomic mass is 10.1. The average Bonchev–Trinajstić information content (AvgIpc) is 2.84. The predicted octanol–water partition coefficient (Wildman–Crippen LogP) is 6.63. The molecule has 1 heterocycles. The molecule has 1 unspecified atom stereocenters. The van der Waals surface area contributed by atoms with Crippen LogP contribution in [0.25, 0.3) is 10.9 Å². The zero-order valence-electron chi connectivity index (χ0n) is 19.0. The van der Waals surface area contributed by atoms with Crippen molar-refractivity contribution in [3.05, 3.63) is 110 Å². The van der Waals surface area contributed by atoms with Crippen LogP contribution in [0.2, 0.25) is 5.02 Å². The van der Waals surface area contributed by atoms with Gasteiger partial charge in [-0.2, -0.15) is 0 Å². The van der Waals surface area contributed by atoms with E-state index in [0.717, 1.165) is 10.0 Å². The number of rotatable bonds is 7. The highest BCUT2D eigenvalue weighted by Gasteiger charge is 2.29. The predicted molar refractivity (Wildman–Crippen MR) is 140 cm³/mol. The minimum atomic E-state index is -0.414. The Labute approximate surface area is 212 Å². The Morgan fingerprint density at radius 3 is 2.50 bits per heavy atom. The van der Waals surface area contributed by atoms with Gasteiger partial charge in [-0.3, -0.25) is 14.2 Å². The summed E-state index contributed by atoms with van der Waals surface area (Å²) in [5.41, 5.74) is 1.97. The molecular weight excluding hydrogens is 514 g/mol. The topological polar surface area (TPSA) is 55.2 Å². The third-order valence-corrected chi connectivity index (χ3v) is 6.58. The van der Waals surface area contributed by atoms with Gasteiger partial charge in [0.25, 0.3) is 11.5 Å². The molecule has 0 N–H and O–H groups in total. The summed E-state index contributed by atoms with van der Waals surface area (Å²) in [4.78, 5) is 33.9. The van der Waals surface area contributed by atoms with E-state index in [-0.39, 0.29) is 11.5 Å². The lowest BCUT2D eigenvalue weighted by molar-refractivity contribution is 0.0638. The van der Waals surface area contributed by atoms with Crippen LogP contribution in [0.15, 0.2) is 82.1 Å². The van der Waals surface area contributed by atoms with Crippen LogP contribution in [-0.2, 0) is 13.1 Å². The van der Waals surface area contributed by atoms with Crippen LogP contribution in [0.4, 0.5) is 0 Å². The van der Waals surface area contributed by atoms with Gasteiger partial charge in [0, 0.05) is 28.1 Å². The molecule has 34 heavy (non-hydrogen) atoms. The molecule has 3 aromatic carbocycles. The molecule has 174 valence electrons. The molecule has 0 aliphatic heterocycles. The van der Waals surface area contributed by atoms with Gasteiger partial charge in [-0.25, -0.2) is 4.98 Å². The summed E-state index contributed by atoms with van der Waals surface area (Å²) in [6.45, 7) is 4.75. The van der Waals surface area contributed by atoms with E-state index in [1.807, 2.05) is 62.4 Å². The molecule has 1 atom stereocenters. The van der Waals surface area contributed by atoms with Crippen LogP contribution in [-0.4, -0.2) is 20.4 Å². The van der Waals surface area contributed by atoms with Crippen molar-refractivity contribution in [3.63, 3.8) is 0 Å². The molecule has 1 amide bonds. The summed E-state index contributed by atoms with van der Waals surface area (Å²) in [6.07, 6.45) is 0.588. The molecule has 0 saturated carbocycles. The van der Waals surface area contributed by atoms with Crippen molar-refractivity contribution in [3.8, 4) is 0 Å². The number of benzene rings is 3. The molecule has 4 aromatic rings. The van der Waals surface area contributed by atoms with E-state index in [9.17, 15) is 9.59 Å². The summed E-state index contributed by atoms with van der Waals surface area (Å²) in [6, 6.07) is 21.9. The van der Waals surface area contributed by atoms with E-state index in [1.165, 1.54) is 0 Å². The van der Waals surface area contributed by atoms with E-state index >= 15 is 0 Å². The normalized spacial score (nSPS) is 12.0. The molecule has 7 heteroatoms. The van der Waals surface area contributed by atoms with Crippen LogP contribution in [0.3, 0.4) is 0 Å². The molecule has 5 nitrogen and oxygen atoms in total. The second kappa shape index (κ2) is 10.5. The zero-order valence-corrected chi connectivity index (χ0v) is 21.4. The monoisotopic (exact) mass is 537 g/mol. The molecule has 0 aliphatic rings. The highest BCUT2D eigenvalue weighted by molar-refractivity contribution is 9.10. The van der Waals surface area contributed by atoms with Crippen molar-refractivity contribution in [2.45, 2.75) is 39.4 Å². The molecule has 0 radical (unpaired) electrons. The van der Waals surface area contributed by atoms with Gasteiger partial charge in [-0.05, 0) is 55.3 Å². The van der Waals surface area contributed by atoms with E-state index in [0.29, 0.717) is 46.8 Å². The Morgan fingerprint density at radius 2 is 1.82 bits per heavy atom. The van der Waals surface area contributed by atoms with Gasteiger partial charge in [0.05, 0.1) is 16.9 Å². The van der Waals surface area contributed by atoms with Crippen LogP contribution in [0.1, 0.15) is 48.1 Å². The molecule has 4 rings (SSSR count). The number of carbonyl (C=O) groups excluding carboxylic acids is 1. The number of nitrogens with zero attached hydrogens (tertiary/aromatic N) is 3. The second-order valence-corrected chi connectivity index (χ2v) is 9.39. The van der Waals surface area contributed by atoms with Crippen LogP contribution >= 0.6 is 27.5 Å². The van der Waals surface area contributed by atoms with E-state index in [4.69, 9.17) is 16.6 Å². The molecule has 1 aromatic heterocycles. The highest BCUT2D eigenvalue weighted by atomic mass is 79.9. The van der Waals surface area contributed by atoms with E-state index in [1.54, 1.807) is 33.7 Å². The van der Waals surface area contributed by atoms with Crippen molar-refractivity contribution in [2.24, 2.45) is 0 Å². The van der Waals surface area contributed by atoms with Crippen molar-refractivity contribution >= 4 is 44.3 Å². The van der Waals surface area contributed by atoms with Crippen LogP contribution in [0, 0.1) is 0 Å². The zero-order chi connectivity index (χ0) is 24.2. The maximum absolute atomic E-state index is 13.8. The summed E-state index contributed by atoms with van der Waals surface area (Å²) >= 11 is 9.68. The molecule has 0 aliphatic carbocycles. The van der Waals surface area contributed by atoms with Crippen molar-refractivity contribution in [1.29, 1.82) is 0 Å². The number of fused-ring (bicyclic) bond motifs is 1. The maximum Gasteiger partial charge on any atom is 0.261 e. The Balaban J connectivity index is 1.89. The Morgan fingerprint density at radius 1 is 1.06 bits per heavy atom. The fourth-order valence-electron chi connectivity index (χ4n) is 4.20. The third-order valence-electron chi connectivity index (χ3n) is 5.85. The molecule has 0 fully saturated rings. The largest absolute Gasteiger partial charge is 0.324 e.